The number of ether oxygens (including phenoxy) is 2. The van der Waals surface area contributed by atoms with Crippen LogP contribution in [-0.4, -0.2) is 34.4 Å². The number of aromatic nitrogens is 2. The van der Waals surface area contributed by atoms with E-state index >= 15 is 0 Å². The van der Waals surface area contributed by atoms with Gasteiger partial charge in [-0.2, -0.15) is 13.9 Å². The molecule has 0 saturated carbocycles. The summed E-state index contributed by atoms with van der Waals surface area (Å²) in [5.41, 5.74) is -0.434. The molecule has 10 heteroatoms. The molecule has 0 aliphatic rings. The van der Waals surface area contributed by atoms with E-state index in [2.05, 4.69) is 15.2 Å². The molecular formula is C22H21F2N3O5. The number of amides is 1. The zero-order chi connectivity index (χ0) is 23.3. The second-order valence-corrected chi connectivity index (χ2v) is 6.83. The number of hydrogen-bond donors (Lipinski definition) is 1. The van der Waals surface area contributed by atoms with Gasteiger partial charge < -0.3 is 14.8 Å². The Morgan fingerprint density at radius 3 is 2.44 bits per heavy atom. The highest BCUT2D eigenvalue weighted by atomic mass is 19.3. The third-order valence-electron chi connectivity index (χ3n) is 4.51. The van der Waals surface area contributed by atoms with E-state index in [1.54, 1.807) is 24.3 Å². The molecule has 0 aliphatic carbocycles. The zero-order valence-electron chi connectivity index (χ0n) is 17.4. The van der Waals surface area contributed by atoms with E-state index in [4.69, 9.17) is 4.74 Å². The molecule has 0 unspecified atom stereocenters. The molecule has 0 saturated heterocycles. The summed E-state index contributed by atoms with van der Waals surface area (Å²) in [6, 6.07) is 12.1. The van der Waals surface area contributed by atoms with Crippen molar-refractivity contribution in [1.82, 2.24) is 9.78 Å². The van der Waals surface area contributed by atoms with Gasteiger partial charge in [-0.3, -0.25) is 9.59 Å². The highest BCUT2D eigenvalue weighted by Crippen LogP contribution is 2.26. The maximum atomic E-state index is 12.8. The van der Waals surface area contributed by atoms with Crippen molar-refractivity contribution in [3.05, 3.63) is 64.6 Å². The Morgan fingerprint density at radius 1 is 1.09 bits per heavy atom. The third-order valence-corrected chi connectivity index (χ3v) is 4.51. The molecule has 3 rings (SSSR count). The van der Waals surface area contributed by atoms with Gasteiger partial charge in [0.1, 0.15) is 5.75 Å². The summed E-state index contributed by atoms with van der Waals surface area (Å²) in [6.07, 6.45) is -0.659. The van der Waals surface area contributed by atoms with Crippen molar-refractivity contribution >= 4 is 28.3 Å². The lowest BCUT2D eigenvalue weighted by Crippen LogP contribution is -2.32. The van der Waals surface area contributed by atoms with Crippen LogP contribution >= 0.6 is 0 Å². The summed E-state index contributed by atoms with van der Waals surface area (Å²) in [5.74, 6) is -1.88. The van der Waals surface area contributed by atoms with Crippen LogP contribution in [0.4, 0.5) is 14.5 Å². The SMILES string of the molecule is CCCn1nc(C(=O)O[C@H](C)C(=O)Nc2ccccc2OC(F)F)c2ccccc2c1=O. The lowest BCUT2D eigenvalue weighted by Gasteiger charge is -2.16. The average molecular weight is 445 g/mol. The molecule has 0 spiro atoms. The standard InChI is InChI=1S/C22H21F2N3O5/c1-3-12-27-20(29)15-9-5-4-8-14(15)18(26-27)21(30)31-13(2)19(28)25-16-10-6-7-11-17(16)32-22(23)24/h4-11,13,22H,3,12H2,1-2H3,(H,25,28)/t13-/m1/s1. The predicted molar refractivity (Wildman–Crippen MR) is 113 cm³/mol. The summed E-state index contributed by atoms with van der Waals surface area (Å²) >= 11 is 0. The van der Waals surface area contributed by atoms with Crippen molar-refractivity contribution in [2.75, 3.05) is 5.32 Å². The molecule has 1 N–H and O–H groups in total. The average Bonchev–Trinajstić information content (AvgIpc) is 2.76. The molecule has 8 nitrogen and oxygen atoms in total. The van der Waals surface area contributed by atoms with Crippen LogP contribution in [0.2, 0.25) is 0 Å². The van der Waals surface area contributed by atoms with Gasteiger partial charge in [0, 0.05) is 11.9 Å². The largest absolute Gasteiger partial charge is 0.448 e. The van der Waals surface area contributed by atoms with E-state index in [0.717, 1.165) is 0 Å². The van der Waals surface area contributed by atoms with E-state index in [1.807, 2.05) is 6.92 Å². The van der Waals surface area contributed by atoms with Crippen molar-refractivity contribution in [1.29, 1.82) is 0 Å². The number of esters is 1. The minimum absolute atomic E-state index is 0.000712. The van der Waals surface area contributed by atoms with E-state index in [1.165, 1.54) is 35.9 Å². The Bertz CT molecular complexity index is 1200. The van der Waals surface area contributed by atoms with Gasteiger partial charge in [0.05, 0.1) is 11.1 Å². The van der Waals surface area contributed by atoms with E-state index in [-0.39, 0.29) is 22.7 Å². The normalized spacial score (nSPS) is 11.9. The van der Waals surface area contributed by atoms with Crippen molar-refractivity contribution in [2.24, 2.45) is 0 Å². The van der Waals surface area contributed by atoms with E-state index in [9.17, 15) is 23.2 Å². The number of carbonyl (C=O) groups excluding carboxylic acids is 2. The molecule has 32 heavy (non-hydrogen) atoms. The highest BCUT2D eigenvalue weighted by molar-refractivity contribution is 6.04. The first kappa shape index (κ1) is 22.9. The van der Waals surface area contributed by atoms with Gasteiger partial charge in [-0.1, -0.05) is 37.3 Å². The van der Waals surface area contributed by atoms with Crippen LogP contribution in [0, 0.1) is 0 Å². The number of para-hydroxylation sites is 2. The number of fused-ring (bicyclic) bond motifs is 1. The minimum Gasteiger partial charge on any atom is -0.448 e. The predicted octanol–water partition coefficient (Wildman–Crippen LogP) is 3.59. The highest BCUT2D eigenvalue weighted by Gasteiger charge is 2.24. The molecule has 1 heterocycles. The number of benzene rings is 2. The lowest BCUT2D eigenvalue weighted by molar-refractivity contribution is -0.123. The van der Waals surface area contributed by atoms with Gasteiger partial charge in [0.25, 0.3) is 11.5 Å². The maximum absolute atomic E-state index is 12.8. The number of aryl methyl sites for hydroxylation is 1. The first-order valence-corrected chi connectivity index (χ1v) is 9.87. The van der Waals surface area contributed by atoms with Gasteiger partial charge >= 0.3 is 12.6 Å². The molecule has 3 aromatic rings. The van der Waals surface area contributed by atoms with Crippen LogP contribution in [-0.2, 0) is 16.1 Å². The summed E-state index contributed by atoms with van der Waals surface area (Å²) in [4.78, 5) is 37.9. The van der Waals surface area contributed by atoms with Crippen LogP contribution in [0.5, 0.6) is 5.75 Å². The Hall–Kier alpha value is -3.82. The molecule has 0 fully saturated rings. The summed E-state index contributed by atoms with van der Waals surface area (Å²) in [7, 11) is 0. The number of anilines is 1. The first-order chi connectivity index (χ1) is 15.3. The smallest absolute Gasteiger partial charge is 0.387 e. The van der Waals surface area contributed by atoms with Crippen molar-refractivity contribution < 1.29 is 27.8 Å². The minimum atomic E-state index is -3.07. The molecule has 1 aromatic heterocycles. The number of nitrogens with one attached hydrogen (secondary N) is 1. The number of hydrogen-bond acceptors (Lipinski definition) is 6. The van der Waals surface area contributed by atoms with E-state index < -0.39 is 24.6 Å². The Labute approximate surface area is 181 Å². The molecule has 1 amide bonds. The number of rotatable bonds is 8. The van der Waals surface area contributed by atoms with Crippen LogP contribution < -0.4 is 15.6 Å². The fourth-order valence-electron chi connectivity index (χ4n) is 3.02. The number of carbonyl (C=O) groups is 2. The fraction of sp³-hybridized carbons (Fsp3) is 0.273. The number of halogens is 2. The zero-order valence-corrected chi connectivity index (χ0v) is 17.4. The lowest BCUT2D eigenvalue weighted by atomic mass is 10.1. The van der Waals surface area contributed by atoms with Crippen LogP contribution in [0.3, 0.4) is 0 Å². The summed E-state index contributed by atoms with van der Waals surface area (Å²) in [5, 5.41) is 7.14. The fourth-order valence-corrected chi connectivity index (χ4v) is 3.02. The molecule has 0 aliphatic heterocycles. The Morgan fingerprint density at radius 2 is 1.75 bits per heavy atom. The molecule has 168 valence electrons. The maximum Gasteiger partial charge on any atom is 0.387 e. The quantitative estimate of drug-likeness (QED) is 0.532. The van der Waals surface area contributed by atoms with Gasteiger partial charge in [0.15, 0.2) is 11.8 Å². The van der Waals surface area contributed by atoms with Crippen molar-refractivity contribution in [3.63, 3.8) is 0 Å². The molecule has 2 aromatic carbocycles. The van der Waals surface area contributed by atoms with Gasteiger partial charge in [-0.05, 0) is 31.5 Å². The second-order valence-electron chi connectivity index (χ2n) is 6.83. The van der Waals surface area contributed by atoms with Crippen LogP contribution in [0.25, 0.3) is 10.8 Å². The molecule has 1 atom stereocenters. The topological polar surface area (TPSA) is 99.5 Å². The molecular weight excluding hydrogens is 424 g/mol. The summed E-state index contributed by atoms with van der Waals surface area (Å²) in [6.45, 7) is 0.430. The van der Waals surface area contributed by atoms with E-state index in [0.29, 0.717) is 23.7 Å². The van der Waals surface area contributed by atoms with Crippen molar-refractivity contribution in [3.8, 4) is 5.75 Å². The van der Waals surface area contributed by atoms with Crippen LogP contribution in [0.1, 0.15) is 30.8 Å². The van der Waals surface area contributed by atoms with Crippen molar-refractivity contribution in [2.45, 2.75) is 39.5 Å². The van der Waals surface area contributed by atoms with Gasteiger partial charge in [-0.25, -0.2) is 9.48 Å². The first-order valence-electron chi connectivity index (χ1n) is 9.87. The molecule has 0 bridgehead atoms. The summed E-state index contributed by atoms with van der Waals surface area (Å²) < 4.78 is 35.9. The third kappa shape index (κ3) is 5.08. The number of nitrogens with zero attached hydrogens (tertiary/aromatic N) is 2. The Kier molecular flexibility index (Phi) is 7.14. The van der Waals surface area contributed by atoms with Crippen LogP contribution in [0.15, 0.2) is 53.3 Å². The Balaban J connectivity index is 1.82. The number of alkyl halides is 2. The van der Waals surface area contributed by atoms with Gasteiger partial charge in [-0.15, -0.1) is 0 Å². The second kappa shape index (κ2) is 9.99. The monoisotopic (exact) mass is 445 g/mol. The molecule has 0 radical (unpaired) electrons. The van der Waals surface area contributed by atoms with Gasteiger partial charge in [0.2, 0.25) is 0 Å².